The van der Waals surface area contributed by atoms with Crippen LogP contribution in [-0.4, -0.2) is 126 Å². The molecule has 420 valence electrons. The molecule has 2 heterocycles. The van der Waals surface area contributed by atoms with Gasteiger partial charge < -0.3 is 35.6 Å². The molecule has 2 aliphatic heterocycles. The van der Waals surface area contributed by atoms with Crippen LogP contribution in [0.25, 0.3) is 0 Å². The summed E-state index contributed by atoms with van der Waals surface area (Å²) in [5.41, 5.74) is 0. The minimum Gasteiger partial charge on any atom is -0.481 e. The number of hydrogen-bond donors (Lipinski definition) is 6. The van der Waals surface area contributed by atoms with Crippen molar-refractivity contribution in [2.24, 2.45) is 53.3 Å². The second kappa shape index (κ2) is 39.2. The van der Waals surface area contributed by atoms with E-state index in [2.05, 4.69) is 10.1 Å². The largest absolute Gasteiger partial charge is 0.481 e. The Balaban J connectivity index is -0.000000120. The third-order valence-electron chi connectivity index (χ3n) is 12.6. The molecule has 0 aromatic heterocycles. The molecule has 0 aromatic rings. The molecule has 4 rings (SSSR count). The van der Waals surface area contributed by atoms with Crippen molar-refractivity contribution in [1.29, 1.82) is 0 Å². The fourth-order valence-electron chi connectivity index (χ4n) is 7.28. The van der Waals surface area contributed by atoms with Gasteiger partial charge in [-0.2, -0.15) is 0 Å². The van der Waals surface area contributed by atoms with Gasteiger partial charge in [-0.1, -0.05) is 147 Å². The van der Waals surface area contributed by atoms with E-state index in [9.17, 15) is 57.8 Å². The monoisotopic (exact) mass is 1030 g/mol. The number of nitrogens with one attached hydrogen (secondary N) is 1. The summed E-state index contributed by atoms with van der Waals surface area (Å²) in [6.07, 6.45) is 8.07. The molecule has 0 aromatic carbocycles. The molecule has 0 bridgehead atoms. The minimum absolute atomic E-state index is 0. The number of carboxylic acids is 5. The van der Waals surface area contributed by atoms with Crippen molar-refractivity contribution in [3.63, 3.8) is 0 Å². The highest BCUT2D eigenvalue weighted by molar-refractivity contribution is 6.06. The number of amides is 5. The number of esters is 1. The summed E-state index contributed by atoms with van der Waals surface area (Å²) >= 11 is 0. The van der Waals surface area contributed by atoms with Crippen molar-refractivity contribution in [1.82, 2.24) is 15.1 Å². The maximum absolute atomic E-state index is 12.1. The Morgan fingerprint density at radius 1 is 0.535 bits per heavy atom. The van der Waals surface area contributed by atoms with Crippen LogP contribution in [0.15, 0.2) is 0 Å². The summed E-state index contributed by atoms with van der Waals surface area (Å²) in [6.45, 7) is 12.7. The molecule has 10 unspecified atom stereocenters. The number of aliphatic carboxylic acids is 5. The second-order valence-electron chi connectivity index (χ2n) is 17.0. The Labute approximate surface area is 426 Å². The zero-order valence-corrected chi connectivity index (χ0v) is 37.6. The Bertz CT molecular complexity index is 1640. The number of carboxylic acid groups (broad SMARTS) is 5. The van der Waals surface area contributed by atoms with Gasteiger partial charge in [0.05, 0.1) is 42.6 Å². The van der Waals surface area contributed by atoms with Crippen molar-refractivity contribution < 1.29 is 83.0 Å². The third-order valence-corrected chi connectivity index (χ3v) is 12.6. The molecular weight excluding hydrogens is 927 g/mol. The van der Waals surface area contributed by atoms with E-state index in [-0.39, 0.29) is 145 Å². The lowest BCUT2D eigenvalue weighted by atomic mass is 9.83. The lowest BCUT2D eigenvalue weighted by Gasteiger charge is -2.34. The molecule has 6 N–H and O–H groups in total. The van der Waals surface area contributed by atoms with Crippen LogP contribution in [0.1, 0.15) is 185 Å². The van der Waals surface area contributed by atoms with Gasteiger partial charge in [0.2, 0.25) is 29.5 Å². The zero-order chi connectivity index (χ0) is 48.5. The average molecular weight is 1030 g/mol. The maximum Gasteiger partial charge on any atom is 0.309 e. The highest BCUT2D eigenvalue weighted by Gasteiger charge is 2.49. The average Bonchev–Trinajstić information content (AvgIpc) is 3.54. The Morgan fingerprint density at radius 2 is 0.915 bits per heavy atom. The Morgan fingerprint density at radius 3 is 1.31 bits per heavy atom. The smallest absolute Gasteiger partial charge is 0.309 e. The first-order valence-corrected chi connectivity index (χ1v) is 21.6. The molecule has 0 spiro atoms. The van der Waals surface area contributed by atoms with E-state index in [1.54, 1.807) is 41.5 Å². The molecule has 4 aliphatic rings. The second-order valence-corrected chi connectivity index (χ2v) is 17.0. The van der Waals surface area contributed by atoms with Crippen molar-refractivity contribution in [2.45, 2.75) is 198 Å². The van der Waals surface area contributed by atoms with Gasteiger partial charge in [0.25, 0.3) is 0 Å². The van der Waals surface area contributed by atoms with Crippen LogP contribution < -0.4 is 5.32 Å². The lowest BCUT2D eigenvalue weighted by molar-refractivity contribution is -0.157. The predicted molar refractivity (Wildman–Crippen MR) is 275 cm³/mol. The highest BCUT2D eigenvalue weighted by Crippen LogP contribution is 2.35. The van der Waals surface area contributed by atoms with Crippen molar-refractivity contribution in [3.8, 4) is 0 Å². The Hall–Kier alpha value is -5.43. The maximum atomic E-state index is 12.1. The van der Waals surface area contributed by atoms with E-state index < -0.39 is 71.4 Å². The molecule has 2 aliphatic carbocycles. The van der Waals surface area contributed by atoms with Crippen LogP contribution >= 0.6 is 0 Å². The van der Waals surface area contributed by atoms with Crippen molar-refractivity contribution in [3.05, 3.63) is 0 Å². The van der Waals surface area contributed by atoms with Crippen LogP contribution in [0.5, 0.6) is 0 Å². The van der Waals surface area contributed by atoms with E-state index in [1.165, 1.54) is 25.2 Å². The van der Waals surface area contributed by atoms with E-state index in [4.69, 9.17) is 20.4 Å². The number of carbonyl (C=O) groups excluding carboxylic acids is 6. The van der Waals surface area contributed by atoms with E-state index in [0.717, 1.165) is 43.4 Å². The number of ether oxygens (including phenoxy) is 1. The third kappa shape index (κ3) is 25.0. The number of nitrogens with zero attached hydrogens (tertiary/aromatic N) is 2. The van der Waals surface area contributed by atoms with Crippen LogP contribution in [0, 0.1) is 53.3 Å². The van der Waals surface area contributed by atoms with E-state index in [1.807, 2.05) is 0 Å². The molecule has 20 nitrogen and oxygen atoms in total. The predicted octanol–water partition coefficient (Wildman–Crippen LogP) is 8.61. The highest BCUT2D eigenvalue weighted by atomic mass is 16.5. The molecular formula is C51H99N3O17. The van der Waals surface area contributed by atoms with Crippen molar-refractivity contribution >= 4 is 65.4 Å². The van der Waals surface area contributed by atoms with E-state index in [0.29, 0.717) is 12.8 Å². The molecule has 4 fully saturated rings. The first kappa shape index (κ1) is 82.5. The van der Waals surface area contributed by atoms with Crippen LogP contribution in [-0.2, 0) is 57.5 Å². The quantitative estimate of drug-likeness (QED) is 0.0660. The van der Waals surface area contributed by atoms with Gasteiger partial charge in [0.15, 0.2) is 0 Å². The van der Waals surface area contributed by atoms with Gasteiger partial charge in [-0.05, 0) is 25.7 Å². The molecule has 2 saturated heterocycles. The van der Waals surface area contributed by atoms with Gasteiger partial charge in [-0.3, -0.25) is 62.5 Å². The Kier molecular flexibility index (Phi) is 45.6. The summed E-state index contributed by atoms with van der Waals surface area (Å²) in [4.78, 5) is 125. The van der Waals surface area contributed by atoms with Crippen molar-refractivity contribution in [2.75, 3.05) is 13.2 Å². The fraction of sp³-hybridized carbons (Fsp3) is 0.784. The number of imide groups is 2. The summed E-state index contributed by atoms with van der Waals surface area (Å²) in [6, 6.07) is -0.187. The van der Waals surface area contributed by atoms with Gasteiger partial charge in [0, 0.05) is 42.2 Å². The normalized spacial score (nSPS) is 22.5. The topological polar surface area (TPSA) is 317 Å². The molecule has 71 heavy (non-hydrogen) atoms. The number of likely N-dealkylation sites (tertiary alicyclic amines) is 2. The fourth-order valence-corrected chi connectivity index (χ4v) is 7.28. The first-order valence-electron chi connectivity index (χ1n) is 21.6. The zero-order valence-electron chi connectivity index (χ0n) is 37.6. The number of rotatable bonds is 15. The first-order chi connectivity index (χ1) is 29.3. The summed E-state index contributed by atoms with van der Waals surface area (Å²) in [5, 5.41) is 46.3. The molecule has 10 atom stereocenters. The standard InChI is InChI=1S/C13H19NO4.C12H21NO3.C9H13NO4.C9H14O6.8CH4/c1-7-8(2)12(16)14(11(7)15)10-6-4-3-5-9(10)13(17)18;1-8(9(2)12(15)16)11(14)13-10-6-4-3-5-7-10;1-5-6(2)9(14)10(8(5)13)4-3-7(11)12;1-5(8(12)13)6(2)9(14)15-4-3-7(10)11;;;;;;;;/h7-10H,3-6H2,1-2H3,(H,17,18);8-10H,3-7H2,1-2H3,(H,13,14)(H,15,16);5-6H,3-4H2,1-2H3,(H,11,12);5-6H,3-4H2,1-2H3,(H,10,11)(H,12,13);8*1H4. The van der Waals surface area contributed by atoms with Gasteiger partial charge in [0.1, 0.15) is 6.61 Å². The molecule has 2 saturated carbocycles. The van der Waals surface area contributed by atoms with Gasteiger partial charge in [-0.25, -0.2) is 0 Å². The van der Waals surface area contributed by atoms with E-state index >= 15 is 0 Å². The number of hydrogen-bond acceptors (Lipinski definition) is 12. The number of carbonyl (C=O) groups is 11. The SMILES string of the molecule is C.C.C.C.C.C.C.C.CC(C(=O)O)C(C)C(=O)NC1CCCCC1.CC(C(=O)O)C(C)C(=O)OCCC(=O)O.CC1C(=O)N(C2CCCCC2C(=O)O)C(=O)C1C.CC1C(=O)N(CCC(=O)O)C(=O)C1C. The molecule has 5 amide bonds. The molecule has 20 heteroatoms. The summed E-state index contributed by atoms with van der Waals surface area (Å²) in [7, 11) is 0. The van der Waals surface area contributed by atoms with Crippen LogP contribution in [0.2, 0.25) is 0 Å². The van der Waals surface area contributed by atoms with Crippen LogP contribution in [0.4, 0.5) is 0 Å². The summed E-state index contributed by atoms with van der Waals surface area (Å²) in [5.74, 6) is -11.3. The lowest BCUT2D eigenvalue weighted by Crippen LogP contribution is -2.48. The van der Waals surface area contributed by atoms with Crippen LogP contribution in [0.3, 0.4) is 0 Å². The molecule has 0 radical (unpaired) electrons. The minimum atomic E-state index is -1.09. The summed E-state index contributed by atoms with van der Waals surface area (Å²) < 4.78 is 4.60. The van der Waals surface area contributed by atoms with Gasteiger partial charge in [-0.15, -0.1) is 0 Å². The van der Waals surface area contributed by atoms with Gasteiger partial charge >= 0.3 is 35.8 Å².